The number of benzene rings is 1. The maximum absolute atomic E-state index is 12.8. The summed E-state index contributed by atoms with van der Waals surface area (Å²) in [5.41, 5.74) is 5.34. The van der Waals surface area contributed by atoms with Gasteiger partial charge in [-0.1, -0.05) is 11.6 Å². The van der Waals surface area contributed by atoms with E-state index >= 15 is 0 Å². The van der Waals surface area contributed by atoms with Crippen molar-refractivity contribution in [1.82, 2.24) is 14.9 Å². The SMILES string of the molecule is Cc1nc(-c2cc(C)n(CC(=O)N[C@@H]3CCSc4ccc(Cl)cc43)c2C)cs1. The van der Waals surface area contributed by atoms with Crippen LogP contribution in [0.5, 0.6) is 0 Å². The minimum atomic E-state index is 0.0132. The lowest BCUT2D eigenvalue weighted by molar-refractivity contribution is -0.122. The monoisotopic (exact) mass is 431 g/mol. The fraction of sp³-hybridized carbons (Fsp3) is 0.333. The molecule has 4 nitrogen and oxygen atoms in total. The predicted octanol–water partition coefficient (Wildman–Crippen LogP) is 5.54. The van der Waals surface area contributed by atoms with Crippen molar-refractivity contribution in [2.45, 2.75) is 44.7 Å². The maximum atomic E-state index is 12.8. The zero-order valence-electron chi connectivity index (χ0n) is 16.1. The number of amides is 1. The second-order valence-electron chi connectivity index (χ2n) is 7.06. The highest BCUT2D eigenvalue weighted by Gasteiger charge is 2.23. The van der Waals surface area contributed by atoms with Gasteiger partial charge in [0.15, 0.2) is 0 Å². The third-order valence-corrected chi connectivity index (χ3v) is 7.25. The van der Waals surface area contributed by atoms with Crippen LogP contribution in [0.25, 0.3) is 11.3 Å². The number of hydrogen-bond donors (Lipinski definition) is 1. The molecule has 3 aromatic rings. The van der Waals surface area contributed by atoms with Gasteiger partial charge in [0.1, 0.15) is 6.54 Å². The minimum Gasteiger partial charge on any atom is -0.348 e. The molecule has 1 atom stereocenters. The van der Waals surface area contributed by atoms with E-state index < -0.39 is 0 Å². The Balaban J connectivity index is 1.53. The Labute approximate surface area is 178 Å². The van der Waals surface area contributed by atoms with Crippen LogP contribution >= 0.6 is 34.7 Å². The van der Waals surface area contributed by atoms with Crippen LogP contribution < -0.4 is 5.32 Å². The Morgan fingerprint density at radius 2 is 2.14 bits per heavy atom. The van der Waals surface area contributed by atoms with Crippen LogP contribution in [0.3, 0.4) is 0 Å². The number of nitrogens with one attached hydrogen (secondary N) is 1. The highest BCUT2D eigenvalue weighted by Crippen LogP contribution is 2.37. The molecular formula is C21H22ClN3OS2. The predicted molar refractivity (Wildman–Crippen MR) is 117 cm³/mol. The molecular weight excluding hydrogens is 410 g/mol. The number of hydrogen-bond acceptors (Lipinski definition) is 4. The van der Waals surface area contributed by atoms with E-state index in [2.05, 4.69) is 33.2 Å². The van der Waals surface area contributed by atoms with Gasteiger partial charge >= 0.3 is 0 Å². The molecule has 0 bridgehead atoms. The number of carbonyl (C=O) groups excluding carboxylic acids is 1. The summed E-state index contributed by atoms with van der Waals surface area (Å²) in [5.74, 6) is 1.01. The first-order chi connectivity index (χ1) is 13.4. The van der Waals surface area contributed by atoms with Gasteiger partial charge in [-0.15, -0.1) is 23.1 Å². The van der Waals surface area contributed by atoms with E-state index in [9.17, 15) is 4.79 Å². The quantitative estimate of drug-likeness (QED) is 0.589. The molecule has 0 fully saturated rings. The Kier molecular flexibility index (Phi) is 5.54. The van der Waals surface area contributed by atoms with E-state index in [0.717, 1.165) is 45.4 Å². The van der Waals surface area contributed by atoms with Gasteiger partial charge in [0.25, 0.3) is 0 Å². The third kappa shape index (κ3) is 3.86. The zero-order valence-corrected chi connectivity index (χ0v) is 18.5. The molecule has 1 N–H and O–H groups in total. The van der Waals surface area contributed by atoms with Crippen LogP contribution in [0.15, 0.2) is 34.5 Å². The van der Waals surface area contributed by atoms with Crippen molar-refractivity contribution >= 4 is 40.6 Å². The summed E-state index contributed by atoms with van der Waals surface area (Å²) >= 11 is 9.64. The zero-order chi connectivity index (χ0) is 19.8. The lowest BCUT2D eigenvalue weighted by atomic mass is 10.0. The minimum absolute atomic E-state index is 0.0132. The molecule has 4 rings (SSSR count). The summed E-state index contributed by atoms with van der Waals surface area (Å²) in [6.45, 7) is 6.40. The molecule has 0 saturated carbocycles. The van der Waals surface area contributed by atoms with Crippen LogP contribution in [0, 0.1) is 20.8 Å². The van der Waals surface area contributed by atoms with Crippen LogP contribution in [0.2, 0.25) is 5.02 Å². The van der Waals surface area contributed by atoms with Gasteiger partial charge in [0.2, 0.25) is 5.91 Å². The van der Waals surface area contributed by atoms with Gasteiger partial charge in [0, 0.05) is 38.0 Å². The average molecular weight is 432 g/mol. The van der Waals surface area contributed by atoms with Gasteiger partial charge in [-0.05, 0) is 57.0 Å². The Hall–Kier alpha value is -1.76. The van der Waals surface area contributed by atoms with Crippen molar-refractivity contribution in [2.75, 3.05) is 5.75 Å². The van der Waals surface area contributed by atoms with E-state index in [1.54, 1.807) is 11.3 Å². The number of carbonyl (C=O) groups is 1. The third-order valence-electron chi connectivity index (χ3n) is 5.12. The summed E-state index contributed by atoms with van der Waals surface area (Å²) in [6.07, 6.45) is 0.913. The number of rotatable bonds is 4. The van der Waals surface area contributed by atoms with Crippen molar-refractivity contribution < 1.29 is 4.79 Å². The molecule has 3 heterocycles. The van der Waals surface area contributed by atoms with Crippen molar-refractivity contribution in [3.05, 3.63) is 56.6 Å². The summed E-state index contributed by atoms with van der Waals surface area (Å²) in [6, 6.07) is 8.06. The van der Waals surface area contributed by atoms with Crippen molar-refractivity contribution in [3.8, 4) is 11.3 Å². The highest BCUT2D eigenvalue weighted by molar-refractivity contribution is 7.99. The molecule has 0 spiro atoms. The van der Waals surface area contributed by atoms with Crippen molar-refractivity contribution in [1.29, 1.82) is 0 Å². The molecule has 2 aromatic heterocycles. The summed E-state index contributed by atoms with van der Waals surface area (Å²) in [5, 5.41) is 7.04. The number of halogens is 1. The summed E-state index contributed by atoms with van der Waals surface area (Å²) < 4.78 is 2.07. The lowest BCUT2D eigenvalue weighted by Crippen LogP contribution is -2.33. The van der Waals surface area contributed by atoms with Crippen molar-refractivity contribution in [3.63, 3.8) is 0 Å². The molecule has 1 aromatic carbocycles. The van der Waals surface area contributed by atoms with E-state index in [4.69, 9.17) is 11.6 Å². The van der Waals surface area contributed by atoms with Crippen molar-refractivity contribution in [2.24, 2.45) is 0 Å². The van der Waals surface area contributed by atoms with Crippen LogP contribution in [-0.2, 0) is 11.3 Å². The first-order valence-corrected chi connectivity index (χ1v) is 11.5. The topological polar surface area (TPSA) is 46.9 Å². The van der Waals surface area contributed by atoms with Crippen LogP contribution in [0.4, 0.5) is 0 Å². The maximum Gasteiger partial charge on any atom is 0.240 e. The number of aromatic nitrogens is 2. The lowest BCUT2D eigenvalue weighted by Gasteiger charge is -2.26. The number of thioether (sulfide) groups is 1. The Morgan fingerprint density at radius 1 is 1.32 bits per heavy atom. The van der Waals surface area contributed by atoms with E-state index in [1.807, 2.05) is 43.8 Å². The molecule has 1 amide bonds. The summed E-state index contributed by atoms with van der Waals surface area (Å²) in [7, 11) is 0. The number of aryl methyl sites for hydroxylation is 2. The second-order valence-corrected chi connectivity index (χ2v) is 9.70. The molecule has 146 valence electrons. The molecule has 0 saturated heterocycles. The van der Waals surface area contributed by atoms with E-state index in [0.29, 0.717) is 11.6 Å². The highest BCUT2D eigenvalue weighted by atomic mass is 35.5. The standard InChI is InChI=1S/C21H22ClN3OS2/c1-12-8-16(19-11-28-14(3)23-19)13(2)25(12)10-21(26)24-18-6-7-27-20-5-4-15(22)9-17(18)20/h4-5,8-9,11,18H,6-7,10H2,1-3H3,(H,24,26)/t18-/m1/s1. The molecule has 0 unspecified atom stereocenters. The fourth-order valence-electron chi connectivity index (χ4n) is 3.69. The fourth-order valence-corrected chi connectivity index (χ4v) is 5.59. The molecule has 28 heavy (non-hydrogen) atoms. The molecule has 1 aliphatic rings. The Bertz CT molecular complexity index is 1040. The molecule has 0 aliphatic carbocycles. The summed E-state index contributed by atoms with van der Waals surface area (Å²) in [4.78, 5) is 18.6. The number of fused-ring (bicyclic) bond motifs is 1. The largest absolute Gasteiger partial charge is 0.348 e. The van der Waals surface area contributed by atoms with Gasteiger partial charge in [-0.2, -0.15) is 0 Å². The smallest absolute Gasteiger partial charge is 0.240 e. The molecule has 0 radical (unpaired) electrons. The Morgan fingerprint density at radius 3 is 2.89 bits per heavy atom. The first-order valence-electron chi connectivity index (χ1n) is 9.23. The van der Waals surface area contributed by atoms with Crippen LogP contribution in [0.1, 0.15) is 34.4 Å². The molecule has 7 heteroatoms. The normalized spacial score (nSPS) is 16.1. The molecule has 1 aliphatic heterocycles. The average Bonchev–Trinajstić information content (AvgIpc) is 3.20. The first kappa shape index (κ1) is 19.6. The van der Waals surface area contributed by atoms with E-state index in [1.165, 1.54) is 4.90 Å². The number of nitrogens with zero attached hydrogens (tertiary/aromatic N) is 2. The van der Waals surface area contributed by atoms with Gasteiger partial charge in [-0.3, -0.25) is 4.79 Å². The van der Waals surface area contributed by atoms with Gasteiger partial charge in [0.05, 0.1) is 16.7 Å². The van der Waals surface area contributed by atoms with Gasteiger partial charge in [-0.25, -0.2) is 4.98 Å². The second kappa shape index (κ2) is 7.93. The van der Waals surface area contributed by atoms with Crippen LogP contribution in [-0.4, -0.2) is 21.2 Å². The number of thiazole rings is 1. The van der Waals surface area contributed by atoms with Gasteiger partial charge < -0.3 is 9.88 Å². The van der Waals surface area contributed by atoms with E-state index in [-0.39, 0.29) is 11.9 Å².